The number of amidine groups is 1. The van der Waals surface area contributed by atoms with Gasteiger partial charge in [-0.1, -0.05) is 6.07 Å². The van der Waals surface area contributed by atoms with Crippen LogP contribution < -0.4 is 20.3 Å². The fourth-order valence-corrected chi connectivity index (χ4v) is 4.04. The molecule has 2 aromatic carbocycles. The number of pyridine rings is 1. The molecule has 11 heteroatoms. The summed E-state index contributed by atoms with van der Waals surface area (Å²) in [6.07, 6.45) is 0.910. The molecule has 2 heterocycles. The number of H-pyrrole nitrogens is 1. The van der Waals surface area contributed by atoms with Crippen LogP contribution in [0.25, 0.3) is 11.0 Å². The Balaban J connectivity index is 1.51. The first kappa shape index (κ1) is 27.1. The first-order valence-corrected chi connectivity index (χ1v) is 12.5. The summed E-state index contributed by atoms with van der Waals surface area (Å²) >= 11 is 0. The van der Waals surface area contributed by atoms with Crippen molar-refractivity contribution in [1.29, 1.82) is 5.41 Å². The maximum absolute atomic E-state index is 13.2. The summed E-state index contributed by atoms with van der Waals surface area (Å²) < 4.78 is 10.8. The number of amides is 1. The predicted octanol–water partition coefficient (Wildman–Crippen LogP) is 4.15. The van der Waals surface area contributed by atoms with Crippen LogP contribution in [-0.2, 0) is 16.1 Å². The molecule has 0 aliphatic heterocycles. The van der Waals surface area contributed by atoms with Gasteiger partial charge in [0.25, 0.3) is 0 Å². The molecule has 0 saturated carbocycles. The van der Waals surface area contributed by atoms with E-state index in [9.17, 15) is 9.59 Å². The van der Waals surface area contributed by atoms with Crippen molar-refractivity contribution in [2.24, 2.45) is 5.73 Å². The number of carbonyl (C=O) groups excluding carboxylic acids is 2. The van der Waals surface area contributed by atoms with Crippen LogP contribution in [0.3, 0.4) is 0 Å². The van der Waals surface area contributed by atoms with E-state index in [2.05, 4.69) is 9.97 Å². The van der Waals surface area contributed by atoms with Gasteiger partial charge in [-0.3, -0.25) is 15.1 Å². The number of imidazole rings is 1. The number of ether oxygens (including phenoxy) is 2. The second kappa shape index (κ2) is 12.1. The van der Waals surface area contributed by atoms with Crippen molar-refractivity contribution >= 4 is 40.4 Å². The van der Waals surface area contributed by atoms with Gasteiger partial charge in [0.2, 0.25) is 0 Å². The number of esters is 1. The molecule has 0 bridgehead atoms. The molecule has 202 valence electrons. The van der Waals surface area contributed by atoms with Crippen LogP contribution in [0.1, 0.15) is 30.3 Å². The Morgan fingerprint density at radius 2 is 1.87 bits per heavy atom. The van der Waals surface area contributed by atoms with Gasteiger partial charge in [-0.2, -0.15) is 0 Å². The van der Waals surface area contributed by atoms with Gasteiger partial charge in [0.15, 0.2) is 0 Å². The molecule has 11 nitrogen and oxygen atoms in total. The molecule has 0 unspecified atom stereocenters. The number of anilines is 2. The zero-order valence-corrected chi connectivity index (χ0v) is 22.1. The monoisotopic (exact) mass is 529 g/mol. The van der Waals surface area contributed by atoms with Crippen molar-refractivity contribution in [3.05, 3.63) is 77.7 Å². The third kappa shape index (κ3) is 6.50. The number of nitrogens with one attached hydrogen (secondary N) is 2. The summed E-state index contributed by atoms with van der Waals surface area (Å²) in [4.78, 5) is 40.8. The predicted molar refractivity (Wildman–Crippen MR) is 149 cm³/mol. The standard InChI is InChI=1S/C28H31N7O4/c1-4-38-25(36)14-16-35(24-7-5-6-15-31-24)28(37)39-22-13-12-21-26(18(22)2)33-23(32-21)17-34(3)20-10-8-19(9-11-20)27(29)30/h5-13,15H,4,14,16-17H2,1-3H3,(H3,29,30)(H,32,33). The van der Waals surface area contributed by atoms with Gasteiger partial charge in [-0.05, 0) is 62.4 Å². The first-order chi connectivity index (χ1) is 18.8. The molecule has 0 atom stereocenters. The summed E-state index contributed by atoms with van der Waals surface area (Å²) in [5.41, 5.74) is 9.35. The first-order valence-electron chi connectivity index (χ1n) is 12.5. The number of hydrogen-bond donors (Lipinski definition) is 3. The van der Waals surface area contributed by atoms with Crippen molar-refractivity contribution < 1.29 is 19.1 Å². The number of aryl methyl sites for hydroxylation is 1. The van der Waals surface area contributed by atoms with Crippen LogP contribution in [-0.4, -0.2) is 53.0 Å². The largest absolute Gasteiger partial charge is 0.466 e. The molecule has 2 aromatic heterocycles. The molecule has 0 radical (unpaired) electrons. The lowest BCUT2D eigenvalue weighted by Crippen LogP contribution is -2.36. The molecule has 39 heavy (non-hydrogen) atoms. The lowest BCUT2D eigenvalue weighted by Gasteiger charge is -2.21. The van der Waals surface area contributed by atoms with Crippen LogP contribution >= 0.6 is 0 Å². The molecule has 4 aromatic rings. The number of aromatic amines is 1. The molecule has 0 aliphatic carbocycles. The Morgan fingerprint density at radius 3 is 2.54 bits per heavy atom. The van der Waals surface area contributed by atoms with E-state index in [-0.39, 0.29) is 25.4 Å². The van der Waals surface area contributed by atoms with Gasteiger partial charge in [0.05, 0.1) is 30.6 Å². The Bertz CT molecular complexity index is 1470. The molecule has 0 aliphatic rings. The minimum atomic E-state index is -0.662. The van der Waals surface area contributed by atoms with Crippen LogP contribution in [0.5, 0.6) is 5.75 Å². The molecule has 4 N–H and O–H groups in total. The highest BCUT2D eigenvalue weighted by atomic mass is 16.6. The van der Waals surface area contributed by atoms with Crippen LogP contribution in [0.4, 0.5) is 16.3 Å². The fraction of sp³-hybridized carbons (Fsp3) is 0.250. The van der Waals surface area contributed by atoms with Crippen LogP contribution in [0.2, 0.25) is 0 Å². The number of carbonyl (C=O) groups is 2. The summed E-state index contributed by atoms with van der Waals surface area (Å²) in [6.45, 7) is 4.39. The minimum absolute atomic E-state index is 0.00521. The maximum Gasteiger partial charge on any atom is 0.420 e. The van der Waals surface area contributed by atoms with Gasteiger partial charge < -0.3 is 25.1 Å². The molecule has 4 rings (SSSR count). The zero-order valence-electron chi connectivity index (χ0n) is 22.1. The van der Waals surface area contributed by atoms with Crippen molar-refractivity contribution in [3.8, 4) is 5.75 Å². The summed E-state index contributed by atoms with van der Waals surface area (Å²) in [6, 6.07) is 16.1. The number of hydrogen-bond acceptors (Lipinski definition) is 8. The number of nitrogens with two attached hydrogens (primary N) is 1. The van der Waals surface area contributed by atoms with Crippen molar-refractivity contribution in [2.75, 3.05) is 30.0 Å². The zero-order chi connectivity index (χ0) is 27.9. The van der Waals surface area contributed by atoms with E-state index in [0.29, 0.717) is 34.8 Å². The third-order valence-electron chi connectivity index (χ3n) is 6.10. The van der Waals surface area contributed by atoms with E-state index in [0.717, 1.165) is 17.0 Å². The van der Waals surface area contributed by atoms with Gasteiger partial charge in [-0.15, -0.1) is 0 Å². The van der Waals surface area contributed by atoms with E-state index >= 15 is 0 Å². The average molecular weight is 530 g/mol. The lowest BCUT2D eigenvalue weighted by molar-refractivity contribution is -0.142. The van der Waals surface area contributed by atoms with Gasteiger partial charge in [-0.25, -0.2) is 14.8 Å². The molecule has 0 fully saturated rings. The fourth-order valence-electron chi connectivity index (χ4n) is 4.04. The average Bonchev–Trinajstić information content (AvgIpc) is 3.34. The van der Waals surface area contributed by atoms with Gasteiger partial charge >= 0.3 is 12.1 Å². The SMILES string of the molecule is CCOC(=O)CCN(C(=O)Oc1ccc2[nH]c(CN(C)c3ccc(C(=N)N)cc3)nc2c1C)c1ccccn1. The maximum atomic E-state index is 13.2. The molecular weight excluding hydrogens is 498 g/mol. The van der Waals surface area contributed by atoms with Crippen LogP contribution in [0, 0.1) is 12.3 Å². The topological polar surface area (TPSA) is 151 Å². The number of fused-ring (bicyclic) bond motifs is 1. The van der Waals surface area contributed by atoms with E-state index in [4.69, 9.17) is 25.6 Å². The number of rotatable bonds is 10. The summed E-state index contributed by atoms with van der Waals surface area (Å²) in [5.74, 6) is 1.07. The Kier molecular flexibility index (Phi) is 8.40. The Hall–Kier alpha value is -4.93. The quantitative estimate of drug-likeness (QED) is 0.158. The normalized spacial score (nSPS) is 10.7. The summed E-state index contributed by atoms with van der Waals surface area (Å²) in [7, 11) is 1.94. The highest BCUT2D eigenvalue weighted by Crippen LogP contribution is 2.27. The molecule has 0 spiro atoms. The summed E-state index contributed by atoms with van der Waals surface area (Å²) in [5, 5.41) is 7.55. The van der Waals surface area contributed by atoms with E-state index in [1.54, 1.807) is 49.5 Å². The van der Waals surface area contributed by atoms with E-state index < -0.39 is 12.1 Å². The smallest absolute Gasteiger partial charge is 0.420 e. The van der Waals surface area contributed by atoms with Crippen molar-refractivity contribution in [1.82, 2.24) is 15.0 Å². The minimum Gasteiger partial charge on any atom is -0.466 e. The second-order valence-corrected chi connectivity index (χ2v) is 8.85. The molecular formula is C28H31N7O4. The van der Waals surface area contributed by atoms with Gasteiger partial charge in [0, 0.05) is 36.6 Å². The van der Waals surface area contributed by atoms with Crippen molar-refractivity contribution in [2.45, 2.75) is 26.8 Å². The molecule has 1 amide bonds. The van der Waals surface area contributed by atoms with E-state index in [1.807, 2.05) is 37.1 Å². The van der Waals surface area contributed by atoms with Gasteiger partial charge in [0.1, 0.15) is 23.2 Å². The Morgan fingerprint density at radius 1 is 1.10 bits per heavy atom. The second-order valence-electron chi connectivity index (χ2n) is 8.85. The highest BCUT2D eigenvalue weighted by Gasteiger charge is 2.22. The Labute approximate surface area is 226 Å². The van der Waals surface area contributed by atoms with Crippen LogP contribution in [0.15, 0.2) is 60.8 Å². The number of aromatic nitrogens is 3. The van der Waals surface area contributed by atoms with E-state index in [1.165, 1.54) is 4.90 Å². The number of nitrogen functional groups attached to an aromatic ring is 1. The third-order valence-corrected chi connectivity index (χ3v) is 6.10. The highest BCUT2D eigenvalue weighted by molar-refractivity contribution is 5.95. The number of benzene rings is 2. The van der Waals surface area contributed by atoms with Crippen molar-refractivity contribution in [3.63, 3.8) is 0 Å². The number of nitrogens with zero attached hydrogens (tertiary/aromatic N) is 4. The lowest BCUT2D eigenvalue weighted by atomic mass is 10.2. The molecule has 0 saturated heterocycles.